The largest absolute Gasteiger partial charge is 0.500 e. The minimum atomic E-state index is -2.31. The van der Waals surface area contributed by atoms with Crippen molar-refractivity contribution in [2.75, 3.05) is 28.0 Å². The summed E-state index contributed by atoms with van der Waals surface area (Å²) in [5.74, 6) is 0. The fraction of sp³-hybridized carbons (Fsp3) is 1.00. The topological polar surface area (TPSA) is 27.7 Å². The summed E-state index contributed by atoms with van der Waals surface area (Å²) in [6.07, 6.45) is 2.38. The van der Waals surface area contributed by atoms with Gasteiger partial charge >= 0.3 is 8.80 Å². The smallest absolute Gasteiger partial charge is 0.377 e. The molecular weight excluding hydrogens is 215 g/mol. The molecule has 0 fully saturated rings. The van der Waals surface area contributed by atoms with Crippen molar-refractivity contribution in [1.82, 2.24) is 0 Å². The summed E-state index contributed by atoms with van der Waals surface area (Å²) >= 11 is 0. The number of hydrogen-bond donors (Lipinski definition) is 0. The van der Waals surface area contributed by atoms with Crippen LogP contribution in [0.25, 0.3) is 0 Å². The first-order valence-electron chi connectivity index (χ1n) is 5.00. The second-order valence-electron chi connectivity index (χ2n) is 3.23. The molecule has 0 rings (SSSR count). The monoisotopic (exact) mass is 238 g/mol. The highest BCUT2D eigenvalue weighted by Crippen LogP contribution is 2.26. The Morgan fingerprint density at radius 3 is 1.93 bits per heavy atom. The van der Waals surface area contributed by atoms with Crippen LogP contribution in [0.2, 0.25) is 6.04 Å². The third-order valence-corrected chi connectivity index (χ3v) is 6.91. The zero-order chi connectivity index (χ0) is 11.0. The molecule has 0 amide bonds. The number of hydrogen-bond acceptors (Lipinski definition) is 3. The molecule has 0 radical (unpaired) electrons. The van der Waals surface area contributed by atoms with E-state index in [1.165, 1.54) is 6.42 Å². The summed E-state index contributed by atoms with van der Waals surface area (Å²) in [6, 6.07) is 0.926. The molecule has 0 spiro atoms. The Balaban J connectivity index is 4.04. The van der Waals surface area contributed by atoms with Crippen LogP contribution in [0.5, 0.6) is 0 Å². The van der Waals surface area contributed by atoms with Gasteiger partial charge in [-0.1, -0.05) is 6.92 Å². The van der Waals surface area contributed by atoms with Crippen molar-refractivity contribution in [3.8, 4) is 0 Å². The molecule has 0 aromatic rings. The van der Waals surface area contributed by atoms with Crippen LogP contribution in [-0.4, -0.2) is 42.5 Å². The van der Waals surface area contributed by atoms with Crippen LogP contribution < -0.4 is 0 Å². The molecular formula is C9H23O3PSi. The fourth-order valence-corrected chi connectivity index (χ4v) is 4.40. The molecule has 5 heteroatoms. The summed E-state index contributed by atoms with van der Waals surface area (Å²) in [7, 11) is 3.71. The number of rotatable bonds is 8. The summed E-state index contributed by atoms with van der Waals surface area (Å²) in [5, 5.41) is 0. The second-order valence-corrected chi connectivity index (χ2v) is 7.71. The second kappa shape index (κ2) is 7.77. The van der Waals surface area contributed by atoms with Crippen LogP contribution in [0.3, 0.4) is 0 Å². The molecule has 2 atom stereocenters. The molecule has 3 nitrogen and oxygen atoms in total. The highest BCUT2D eigenvalue weighted by Gasteiger charge is 2.37. The van der Waals surface area contributed by atoms with E-state index < -0.39 is 8.80 Å². The molecule has 2 unspecified atom stereocenters. The van der Waals surface area contributed by atoms with Crippen LogP contribution in [0.15, 0.2) is 0 Å². The maximum atomic E-state index is 5.37. The van der Waals surface area contributed by atoms with E-state index in [0.29, 0.717) is 0 Å². The van der Waals surface area contributed by atoms with Crippen molar-refractivity contribution >= 4 is 17.4 Å². The Kier molecular flexibility index (Phi) is 8.06. The van der Waals surface area contributed by atoms with E-state index in [4.69, 9.17) is 13.3 Å². The van der Waals surface area contributed by atoms with Gasteiger partial charge in [0.25, 0.3) is 0 Å². The Morgan fingerprint density at radius 2 is 1.64 bits per heavy atom. The van der Waals surface area contributed by atoms with Gasteiger partial charge in [-0.15, -0.1) is 8.58 Å². The van der Waals surface area contributed by atoms with E-state index >= 15 is 0 Å². The molecule has 0 N–H and O–H groups in total. The predicted molar refractivity (Wildman–Crippen MR) is 64.5 cm³/mol. The van der Waals surface area contributed by atoms with Crippen molar-refractivity contribution in [1.29, 1.82) is 0 Å². The van der Waals surface area contributed by atoms with E-state index in [-0.39, 0.29) is 0 Å². The van der Waals surface area contributed by atoms with E-state index in [9.17, 15) is 0 Å². The lowest BCUT2D eigenvalue weighted by Crippen LogP contribution is -2.43. The lowest BCUT2D eigenvalue weighted by Gasteiger charge is -2.25. The van der Waals surface area contributed by atoms with Crippen LogP contribution in [-0.2, 0) is 13.3 Å². The third-order valence-electron chi connectivity index (χ3n) is 2.63. The van der Waals surface area contributed by atoms with Gasteiger partial charge < -0.3 is 13.3 Å². The molecule has 0 aromatic carbocycles. The quantitative estimate of drug-likeness (QED) is 0.480. The first-order valence-corrected chi connectivity index (χ1v) is 8.51. The summed E-state index contributed by atoms with van der Waals surface area (Å²) in [4.78, 5) is 0. The van der Waals surface area contributed by atoms with E-state index in [1.807, 2.05) is 0 Å². The van der Waals surface area contributed by atoms with Crippen LogP contribution >= 0.6 is 8.58 Å². The zero-order valence-corrected chi connectivity index (χ0v) is 11.9. The standard InChI is InChI=1S/C9H23O3PSi/c1-6-9(13-5)7-8-14(10-2,11-3)12-4/h9,13H,6-8H2,1-5H3. The molecule has 0 saturated heterocycles. The van der Waals surface area contributed by atoms with Crippen LogP contribution in [0, 0.1) is 0 Å². The Hall–Kier alpha value is 0.527. The molecule has 0 heterocycles. The fourth-order valence-electron chi connectivity index (χ4n) is 1.46. The highest BCUT2D eigenvalue weighted by molar-refractivity contribution is 7.37. The summed E-state index contributed by atoms with van der Waals surface area (Å²) < 4.78 is 16.1. The Morgan fingerprint density at radius 1 is 1.14 bits per heavy atom. The molecule has 0 aliphatic rings. The van der Waals surface area contributed by atoms with Gasteiger partial charge in [0, 0.05) is 27.4 Å². The molecule has 0 aliphatic carbocycles. The molecule has 0 aromatic heterocycles. The van der Waals surface area contributed by atoms with Gasteiger partial charge in [0.2, 0.25) is 0 Å². The molecule has 86 valence electrons. The minimum Gasteiger partial charge on any atom is -0.377 e. The van der Waals surface area contributed by atoms with Gasteiger partial charge in [-0.05, 0) is 25.2 Å². The Bertz CT molecular complexity index is 130. The Labute approximate surface area is 90.7 Å². The predicted octanol–water partition coefficient (Wildman–Crippen LogP) is 2.34. The van der Waals surface area contributed by atoms with Gasteiger partial charge in [-0.2, -0.15) is 0 Å². The maximum Gasteiger partial charge on any atom is 0.500 e. The van der Waals surface area contributed by atoms with Gasteiger partial charge in [-0.3, -0.25) is 0 Å². The SMILES string of the molecule is CCC(CC[Si](OC)(OC)OC)PC. The zero-order valence-electron chi connectivity index (χ0n) is 9.92. The van der Waals surface area contributed by atoms with Crippen molar-refractivity contribution in [3.63, 3.8) is 0 Å². The van der Waals surface area contributed by atoms with Gasteiger partial charge in [0.05, 0.1) is 0 Å². The molecule has 14 heavy (non-hydrogen) atoms. The maximum absolute atomic E-state index is 5.37. The van der Waals surface area contributed by atoms with Gasteiger partial charge in [0.1, 0.15) is 0 Å². The minimum absolute atomic E-state index is 0.794. The summed E-state index contributed by atoms with van der Waals surface area (Å²) in [6.45, 7) is 4.49. The van der Waals surface area contributed by atoms with Crippen LogP contribution in [0.4, 0.5) is 0 Å². The van der Waals surface area contributed by atoms with Crippen molar-refractivity contribution in [3.05, 3.63) is 0 Å². The first-order chi connectivity index (χ1) is 6.67. The highest BCUT2D eigenvalue weighted by atomic mass is 31.1. The lowest BCUT2D eigenvalue weighted by atomic mass is 10.3. The molecule has 0 bridgehead atoms. The van der Waals surface area contributed by atoms with E-state index in [2.05, 4.69) is 13.6 Å². The van der Waals surface area contributed by atoms with Crippen molar-refractivity contribution in [2.45, 2.75) is 31.5 Å². The normalized spacial score (nSPS) is 15.2. The average Bonchev–Trinajstić information content (AvgIpc) is 2.26. The van der Waals surface area contributed by atoms with E-state index in [1.54, 1.807) is 21.3 Å². The first kappa shape index (κ1) is 14.5. The average molecular weight is 238 g/mol. The lowest BCUT2D eigenvalue weighted by molar-refractivity contribution is 0.123. The molecule has 0 saturated carbocycles. The van der Waals surface area contributed by atoms with E-state index in [0.717, 1.165) is 26.7 Å². The summed E-state index contributed by atoms with van der Waals surface area (Å²) in [5.41, 5.74) is 0.794. The van der Waals surface area contributed by atoms with Crippen molar-refractivity contribution < 1.29 is 13.3 Å². The van der Waals surface area contributed by atoms with Crippen LogP contribution in [0.1, 0.15) is 19.8 Å². The molecule has 0 aliphatic heterocycles. The van der Waals surface area contributed by atoms with Gasteiger partial charge in [-0.25, -0.2) is 0 Å². The van der Waals surface area contributed by atoms with Gasteiger partial charge in [0.15, 0.2) is 0 Å². The third kappa shape index (κ3) is 4.37. The van der Waals surface area contributed by atoms with Crippen molar-refractivity contribution in [2.24, 2.45) is 0 Å².